The van der Waals surface area contributed by atoms with Gasteiger partial charge in [0.05, 0.1) is 24.1 Å². The normalized spacial score (nSPS) is 13.9. The smallest absolute Gasteiger partial charge is 0.278 e. The number of nitrogens with one attached hydrogen (secondary N) is 1. The lowest BCUT2D eigenvalue weighted by Crippen LogP contribution is -2.31. The zero-order valence-electron chi connectivity index (χ0n) is 17.6. The quantitative estimate of drug-likeness (QED) is 0.593. The number of halogens is 2. The first-order valence-corrected chi connectivity index (χ1v) is 11.1. The summed E-state index contributed by atoms with van der Waals surface area (Å²) < 4.78 is 3.21. The summed E-state index contributed by atoms with van der Waals surface area (Å²) in [7, 11) is 0. The van der Waals surface area contributed by atoms with Gasteiger partial charge in [-0.1, -0.05) is 23.2 Å². The largest absolute Gasteiger partial charge is 0.355 e. The highest BCUT2D eigenvalue weighted by Gasteiger charge is 2.26. The van der Waals surface area contributed by atoms with Crippen LogP contribution < -0.4 is 15.8 Å². The average Bonchev–Trinajstić information content (AvgIpc) is 2.94. The van der Waals surface area contributed by atoms with Gasteiger partial charge in [-0.05, 0) is 31.2 Å². The molecule has 4 heterocycles. The van der Waals surface area contributed by atoms with Gasteiger partial charge < -0.3 is 14.8 Å². The van der Waals surface area contributed by atoms with E-state index >= 15 is 0 Å². The molecule has 168 valence electrons. The summed E-state index contributed by atoms with van der Waals surface area (Å²) in [5, 5.41) is 22.7. The molecule has 11 heteroatoms. The minimum absolute atomic E-state index is 0.0650. The molecule has 0 amide bonds. The molecule has 0 saturated carbocycles. The van der Waals surface area contributed by atoms with Crippen LogP contribution in [0, 0.1) is 22.7 Å². The van der Waals surface area contributed by atoms with Gasteiger partial charge >= 0.3 is 0 Å². The molecule has 0 atom stereocenters. The van der Waals surface area contributed by atoms with Crippen molar-refractivity contribution in [3.8, 4) is 12.1 Å². The van der Waals surface area contributed by atoms with Crippen LogP contribution in [0.25, 0.3) is 11.0 Å². The molecule has 0 unspecified atom stereocenters. The molecule has 0 bridgehead atoms. The number of rotatable bonds is 5. The van der Waals surface area contributed by atoms with E-state index in [0.717, 1.165) is 26.1 Å². The summed E-state index contributed by atoms with van der Waals surface area (Å²) in [6.07, 6.45) is 5.44. The van der Waals surface area contributed by atoms with E-state index in [1.165, 1.54) is 10.9 Å². The summed E-state index contributed by atoms with van der Waals surface area (Å²) in [5.74, 6) is 0.625. The van der Waals surface area contributed by atoms with E-state index in [1.807, 2.05) is 0 Å². The average molecular weight is 483 g/mol. The number of allylic oxidation sites excluding steroid dienone is 1. The molecule has 1 aliphatic heterocycles. The molecule has 0 aromatic carbocycles. The maximum atomic E-state index is 13.6. The van der Waals surface area contributed by atoms with E-state index in [1.54, 1.807) is 29.0 Å². The maximum absolute atomic E-state index is 13.6. The minimum atomic E-state index is -0.343. The van der Waals surface area contributed by atoms with Crippen molar-refractivity contribution in [3.05, 3.63) is 62.4 Å². The molecule has 0 radical (unpaired) electrons. The molecule has 1 aliphatic rings. The van der Waals surface area contributed by atoms with E-state index in [0.29, 0.717) is 34.7 Å². The van der Waals surface area contributed by atoms with Crippen LogP contribution >= 0.6 is 23.2 Å². The second-order valence-corrected chi connectivity index (χ2v) is 8.50. The highest BCUT2D eigenvalue weighted by molar-refractivity contribution is 6.55. The zero-order chi connectivity index (χ0) is 23.4. The van der Waals surface area contributed by atoms with Gasteiger partial charge in [-0.2, -0.15) is 10.5 Å². The summed E-state index contributed by atoms with van der Waals surface area (Å²) in [6, 6.07) is 7.65. The van der Waals surface area contributed by atoms with Crippen LogP contribution in [0.2, 0.25) is 0 Å². The van der Waals surface area contributed by atoms with Crippen molar-refractivity contribution in [2.24, 2.45) is 0 Å². The Kier molecular flexibility index (Phi) is 6.95. The molecule has 9 nitrogen and oxygen atoms in total. The zero-order valence-corrected chi connectivity index (χ0v) is 19.1. The lowest BCUT2D eigenvalue weighted by molar-refractivity contribution is 0.712. The Morgan fingerprint density at radius 2 is 2.06 bits per heavy atom. The fourth-order valence-corrected chi connectivity index (χ4v) is 4.16. The fraction of sp³-hybridized carbons (Fsp3) is 0.318. The highest BCUT2D eigenvalue weighted by atomic mass is 35.5. The van der Waals surface area contributed by atoms with Gasteiger partial charge in [0.1, 0.15) is 39.0 Å². The Morgan fingerprint density at radius 1 is 1.21 bits per heavy atom. The number of nitriles is 2. The Morgan fingerprint density at radius 3 is 2.82 bits per heavy atom. The molecule has 3 aromatic rings. The monoisotopic (exact) mass is 482 g/mol. The van der Waals surface area contributed by atoms with Crippen molar-refractivity contribution in [1.29, 1.82) is 10.5 Å². The van der Waals surface area contributed by atoms with Crippen LogP contribution in [0.1, 0.15) is 23.2 Å². The first kappa shape index (κ1) is 22.8. The molecular weight excluding hydrogens is 463 g/mol. The third-order valence-electron chi connectivity index (χ3n) is 5.51. The van der Waals surface area contributed by atoms with Crippen molar-refractivity contribution in [2.75, 3.05) is 31.1 Å². The van der Waals surface area contributed by atoms with Crippen molar-refractivity contribution >= 4 is 40.1 Å². The van der Waals surface area contributed by atoms with Gasteiger partial charge in [0.2, 0.25) is 0 Å². The number of anilines is 1. The van der Waals surface area contributed by atoms with E-state index in [9.17, 15) is 15.3 Å². The maximum Gasteiger partial charge on any atom is 0.278 e. The standard InChI is InChI=1S/C22H20Cl2N8O/c23-18(24)4-9-32-20-19(16(12-26)21(32)30-8-2-5-27-7-10-30)29-14-31(22(20)33)13-17-15(11-25)3-1-6-28-17/h1,3-4,6,14,27H,2,5,7-10,13H2. The van der Waals surface area contributed by atoms with E-state index in [2.05, 4.69) is 32.3 Å². The summed E-state index contributed by atoms with van der Waals surface area (Å²) in [4.78, 5) is 24.4. The molecule has 4 rings (SSSR count). The van der Waals surface area contributed by atoms with E-state index in [4.69, 9.17) is 23.2 Å². The molecule has 3 aromatic heterocycles. The molecule has 1 saturated heterocycles. The highest BCUT2D eigenvalue weighted by Crippen LogP contribution is 2.30. The third kappa shape index (κ3) is 4.57. The van der Waals surface area contributed by atoms with Gasteiger partial charge in [0.25, 0.3) is 5.56 Å². The topological polar surface area (TPSA) is 116 Å². The third-order valence-corrected chi connectivity index (χ3v) is 5.82. The van der Waals surface area contributed by atoms with Crippen LogP contribution in [0.15, 0.2) is 40.0 Å². The molecule has 0 aliphatic carbocycles. The molecule has 0 spiro atoms. The first-order chi connectivity index (χ1) is 16.0. The summed E-state index contributed by atoms with van der Waals surface area (Å²) in [6.45, 7) is 3.32. The number of hydrogen-bond donors (Lipinski definition) is 1. The molecule has 1 N–H and O–H groups in total. The summed E-state index contributed by atoms with van der Waals surface area (Å²) >= 11 is 11.8. The van der Waals surface area contributed by atoms with Crippen molar-refractivity contribution < 1.29 is 0 Å². The van der Waals surface area contributed by atoms with Crippen LogP contribution in [0.3, 0.4) is 0 Å². The lowest BCUT2D eigenvalue weighted by Gasteiger charge is -2.24. The SMILES string of the molecule is N#Cc1cccnc1Cn1cnc2c(C#N)c(N3CCCNCC3)n(CC=C(Cl)Cl)c2c1=O. The number of pyridine rings is 1. The van der Waals surface area contributed by atoms with Crippen LogP contribution in [0.5, 0.6) is 0 Å². The van der Waals surface area contributed by atoms with Gasteiger partial charge in [-0.25, -0.2) is 4.98 Å². The van der Waals surface area contributed by atoms with Gasteiger partial charge in [-0.15, -0.1) is 0 Å². The fourth-order valence-electron chi connectivity index (χ4n) is 4.02. The Hall–Kier alpha value is -3.37. The lowest BCUT2D eigenvalue weighted by atomic mass is 10.2. The predicted molar refractivity (Wildman–Crippen MR) is 126 cm³/mol. The van der Waals surface area contributed by atoms with Crippen molar-refractivity contribution in [2.45, 2.75) is 19.5 Å². The number of fused-ring (bicyclic) bond motifs is 1. The Bertz CT molecular complexity index is 1350. The predicted octanol–water partition coefficient (Wildman–Crippen LogP) is 2.50. The van der Waals surface area contributed by atoms with E-state index in [-0.39, 0.29) is 28.7 Å². The van der Waals surface area contributed by atoms with Crippen LogP contribution in [-0.4, -0.2) is 45.3 Å². The Labute approximate surface area is 200 Å². The van der Waals surface area contributed by atoms with Gasteiger partial charge in [0, 0.05) is 32.4 Å². The molecular formula is C22H20Cl2N8O. The second kappa shape index (κ2) is 10.1. The number of aromatic nitrogens is 4. The van der Waals surface area contributed by atoms with Crippen molar-refractivity contribution in [3.63, 3.8) is 0 Å². The minimum Gasteiger partial charge on any atom is -0.355 e. The van der Waals surface area contributed by atoms with Gasteiger partial charge in [-0.3, -0.25) is 14.3 Å². The van der Waals surface area contributed by atoms with Crippen LogP contribution in [0.4, 0.5) is 5.82 Å². The van der Waals surface area contributed by atoms with E-state index < -0.39 is 0 Å². The molecule has 1 fully saturated rings. The summed E-state index contributed by atoms with van der Waals surface area (Å²) in [5.41, 5.74) is 1.44. The van der Waals surface area contributed by atoms with Crippen LogP contribution in [-0.2, 0) is 13.1 Å². The second-order valence-electron chi connectivity index (χ2n) is 7.49. The number of hydrogen-bond acceptors (Lipinski definition) is 7. The van der Waals surface area contributed by atoms with Crippen molar-refractivity contribution in [1.82, 2.24) is 24.4 Å². The first-order valence-electron chi connectivity index (χ1n) is 10.4. The van der Waals surface area contributed by atoms with Gasteiger partial charge in [0.15, 0.2) is 0 Å². The molecule has 33 heavy (non-hydrogen) atoms. The Balaban J connectivity index is 1.92. The number of nitrogens with zero attached hydrogens (tertiary/aromatic N) is 7.